The zero-order valence-corrected chi connectivity index (χ0v) is 13.0. The topological polar surface area (TPSA) is 43.8 Å². The van der Waals surface area contributed by atoms with Crippen molar-refractivity contribution in [3.05, 3.63) is 52.3 Å². The Kier molecular flexibility index (Phi) is 4.61. The molecule has 0 saturated heterocycles. The van der Waals surface area contributed by atoms with Gasteiger partial charge in [0.1, 0.15) is 0 Å². The summed E-state index contributed by atoms with van der Waals surface area (Å²) in [6.45, 7) is 10.1. The lowest BCUT2D eigenvalue weighted by Crippen LogP contribution is -2.06. The molecule has 0 aliphatic heterocycles. The molecule has 0 unspecified atom stereocenters. The first-order valence-electron chi connectivity index (χ1n) is 7.34. The fourth-order valence-corrected chi connectivity index (χ4v) is 2.57. The number of hydrogen-bond donors (Lipinski definition) is 1. The van der Waals surface area contributed by atoms with E-state index in [0.717, 1.165) is 18.7 Å². The number of aryl methyl sites for hydroxylation is 1. The minimum absolute atomic E-state index is 0.578. The number of hydrogen-bond acceptors (Lipinski definition) is 2. The largest absolute Gasteiger partial charge is 0.330 e. The maximum absolute atomic E-state index is 5.67. The first-order valence-corrected chi connectivity index (χ1v) is 7.34. The van der Waals surface area contributed by atoms with Crippen LogP contribution in [0.1, 0.15) is 47.8 Å². The molecule has 1 aromatic heterocycles. The van der Waals surface area contributed by atoms with Crippen molar-refractivity contribution in [1.82, 2.24) is 9.78 Å². The first-order chi connectivity index (χ1) is 9.52. The SMILES string of the molecule is Cc1nn(Cc2ccc(C(C)C)cc2)c(C)c1CCN. The highest BCUT2D eigenvalue weighted by atomic mass is 15.3. The Hall–Kier alpha value is -1.61. The second-order valence-electron chi connectivity index (χ2n) is 5.74. The van der Waals surface area contributed by atoms with E-state index in [1.54, 1.807) is 0 Å². The highest BCUT2D eigenvalue weighted by Crippen LogP contribution is 2.17. The number of nitrogens with two attached hydrogens (primary N) is 1. The van der Waals surface area contributed by atoms with Crippen molar-refractivity contribution in [2.75, 3.05) is 6.54 Å². The van der Waals surface area contributed by atoms with Gasteiger partial charge in [0, 0.05) is 5.69 Å². The van der Waals surface area contributed by atoms with Crippen molar-refractivity contribution in [2.24, 2.45) is 5.73 Å². The van der Waals surface area contributed by atoms with Crippen molar-refractivity contribution >= 4 is 0 Å². The number of rotatable bonds is 5. The van der Waals surface area contributed by atoms with Gasteiger partial charge < -0.3 is 5.73 Å². The molecule has 0 atom stereocenters. The molecule has 3 heteroatoms. The van der Waals surface area contributed by atoms with Gasteiger partial charge in [-0.25, -0.2) is 0 Å². The molecule has 0 aliphatic carbocycles. The minimum atomic E-state index is 0.578. The maximum Gasteiger partial charge on any atom is 0.0662 e. The van der Waals surface area contributed by atoms with Crippen LogP contribution < -0.4 is 5.73 Å². The highest BCUT2D eigenvalue weighted by molar-refractivity contribution is 5.28. The van der Waals surface area contributed by atoms with Gasteiger partial charge in [-0.15, -0.1) is 0 Å². The zero-order valence-electron chi connectivity index (χ0n) is 13.0. The Morgan fingerprint density at radius 3 is 2.35 bits per heavy atom. The Morgan fingerprint density at radius 1 is 1.15 bits per heavy atom. The smallest absolute Gasteiger partial charge is 0.0662 e. The molecule has 0 saturated carbocycles. The first kappa shape index (κ1) is 14.8. The highest BCUT2D eigenvalue weighted by Gasteiger charge is 2.11. The van der Waals surface area contributed by atoms with E-state index in [1.807, 2.05) is 0 Å². The van der Waals surface area contributed by atoms with Gasteiger partial charge in [-0.1, -0.05) is 38.1 Å². The monoisotopic (exact) mass is 271 g/mol. The van der Waals surface area contributed by atoms with Gasteiger partial charge in [0.25, 0.3) is 0 Å². The third-order valence-corrected chi connectivity index (χ3v) is 3.90. The van der Waals surface area contributed by atoms with Crippen molar-refractivity contribution in [2.45, 2.75) is 46.6 Å². The summed E-state index contributed by atoms with van der Waals surface area (Å²) in [5.74, 6) is 0.578. The van der Waals surface area contributed by atoms with Gasteiger partial charge in [0.2, 0.25) is 0 Å². The molecule has 1 heterocycles. The summed E-state index contributed by atoms with van der Waals surface area (Å²) in [4.78, 5) is 0. The van der Waals surface area contributed by atoms with Gasteiger partial charge in [0.05, 0.1) is 12.2 Å². The van der Waals surface area contributed by atoms with Crippen LogP contribution in [-0.4, -0.2) is 16.3 Å². The summed E-state index contributed by atoms with van der Waals surface area (Å²) < 4.78 is 2.09. The van der Waals surface area contributed by atoms with Crippen LogP contribution in [-0.2, 0) is 13.0 Å². The lowest BCUT2D eigenvalue weighted by molar-refractivity contribution is 0.657. The van der Waals surface area contributed by atoms with Crippen LogP contribution in [0.2, 0.25) is 0 Å². The molecule has 0 aliphatic rings. The van der Waals surface area contributed by atoms with Gasteiger partial charge in [-0.3, -0.25) is 4.68 Å². The second-order valence-corrected chi connectivity index (χ2v) is 5.74. The predicted octanol–water partition coefficient (Wildman–Crippen LogP) is 3.17. The van der Waals surface area contributed by atoms with Crippen molar-refractivity contribution in [3.63, 3.8) is 0 Å². The molecule has 20 heavy (non-hydrogen) atoms. The lowest BCUT2D eigenvalue weighted by atomic mass is 10.0. The zero-order chi connectivity index (χ0) is 14.7. The molecule has 2 aromatic rings. The van der Waals surface area contributed by atoms with Crippen LogP contribution in [0.5, 0.6) is 0 Å². The molecule has 3 nitrogen and oxygen atoms in total. The van der Waals surface area contributed by atoms with E-state index >= 15 is 0 Å². The minimum Gasteiger partial charge on any atom is -0.330 e. The van der Waals surface area contributed by atoms with Crippen molar-refractivity contribution in [3.8, 4) is 0 Å². The van der Waals surface area contributed by atoms with E-state index in [-0.39, 0.29) is 0 Å². The average Bonchev–Trinajstić information content (AvgIpc) is 2.67. The summed E-state index contributed by atoms with van der Waals surface area (Å²) in [5, 5.41) is 4.64. The molecule has 2 N–H and O–H groups in total. The molecule has 0 radical (unpaired) electrons. The number of benzene rings is 1. The van der Waals surface area contributed by atoms with Gasteiger partial charge in [0.15, 0.2) is 0 Å². The molecule has 0 fully saturated rings. The quantitative estimate of drug-likeness (QED) is 0.907. The maximum atomic E-state index is 5.67. The fourth-order valence-electron chi connectivity index (χ4n) is 2.57. The Bertz CT molecular complexity index is 565. The van der Waals surface area contributed by atoms with E-state index in [2.05, 4.69) is 61.7 Å². The lowest BCUT2D eigenvalue weighted by Gasteiger charge is -2.08. The molecular formula is C17H25N3. The summed E-state index contributed by atoms with van der Waals surface area (Å²) >= 11 is 0. The van der Waals surface area contributed by atoms with Gasteiger partial charge >= 0.3 is 0 Å². The van der Waals surface area contributed by atoms with E-state index in [9.17, 15) is 0 Å². The van der Waals surface area contributed by atoms with E-state index in [4.69, 9.17) is 5.73 Å². The number of aromatic nitrogens is 2. The van der Waals surface area contributed by atoms with Crippen LogP contribution in [0.4, 0.5) is 0 Å². The Morgan fingerprint density at radius 2 is 1.80 bits per heavy atom. The molecule has 108 valence electrons. The van der Waals surface area contributed by atoms with Crippen LogP contribution in [0.15, 0.2) is 24.3 Å². The van der Waals surface area contributed by atoms with E-state index < -0.39 is 0 Å². The van der Waals surface area contributed by atoms with E-state index in [0.29, 0.717) is 12.5 Å². The predicted molar refractivity (Wildman–Crippen MR) is 84.1 cm³/mol. The third kappa shape index (κ3) is 3.10. The number of nitrogens with zero attached hydrogens (tertiary/aromatic N) is 2. The van der Waals surface area contributed by atoms with Crippen LogP contribution >= 0.6 is 0 Å². The Labute approximate surface area is 121 Å². The summed E-state index contributed by atoms with van der Waals surface area (Å²) in [6.07, 6.45) is 0.907. The fraction of sp³-hybridized carbons (Fsp3) is 0.471. The normalized spacial score (nSPS) is 11.3. The molecular weight excluding hydrogens is 246 g/mol. The molecule has 1 aromatic carbocycles. The van der Waals surface area contributed by atoms with Gasteiger partial charge in [-0.05, 0) is 49.4 Å². The van der Waals surface area contributed by atoms with Crippen LogP contribution in [0.3, 0.4) is 0 Å². The Balaban J connectivity index is 2.19. The standard InChI is InChI=1S/C17H25N3/c1-12(2)16-7-5-15(6-8-16)11-20-14(4)17(9-10-18)13(3)19-20/h5-8,12H,9-11,18H2,1-4H3. The average molecular weight is 271 g/mol. The summed E-state index contributed by atoms with van der Waals surface area (Å²) in [5.41, 5.74) is 12.0. The van der Waals surface area contributed by atoms with E-state index in [1.165, 1.54) is 22.4 Å². The third-order valence-electron chi connectivity index (χ3n) is 3.90. The molecule has 0 spiro atoms. The van der Waals surface area contributed by atoms with Gasteiger partial charge in [-0.2, -0.15) is 5.10 Å². The second kappa shape index (κ2) is 6.23. The van der Waals surface area contributed by atoms with Crippen LogP contribution in [0.25, 0.3) is 0 Å². The van der Waals surface area contributed by atoms with Crippen LogP contribution in [0, 0.1) is 13.8 Å². The van der Waals surface area contributed by atoms with Crippen molar-refractivity contribution in [1.29, 1.82) is 0 Å². The summed E-state index contributed by atoms with van der Waals surface area (Å²) in [7, 11) is 0. The summed E-state index contributed by atoms with van der Waals surface area (Å²) in [6, 6.07) is 8.84. The molecule has 0 bridgehead atoms. The van der Waals surface area contributed by atoms with Crippen molar-refractivity contribution < 1.29 is 0 Å². The molecule has 0 amide bonds. The molecule has 2 rings (SSSR count).